The number of amides is 1. The summed E-state index contributed by atoms with van der Waals surface area (Å²) in [4.78, 5) is 13.5. The summed E-state index contributed by atoms with van der Waals surface area (Å²) >= 11 is 1.68. The first kappa shape index (κ1) is 22.1. The molecule has 0 aliphatic carbocycles. The summed E-state index contributed by atoms with van der Waals surface area (Å²) in [5.74, 6) is 1.14. The van der Waals surface area contributed by atoms with E-state index in [9.17, 15) is 13.2 Å². The number of rotatable bonds is 10. The van der Waals surface area contributed by atoms with Crippen molar-refractivity contribution in [2.24, 2.45) is 0 Å². The standard InChI is InChI=1S/C20H26N2O4S2/c1-4-19(20(23)21-14-15-27-18-8-6-5-7-9-18)26-17-12-10-16(11-13-17)22(2)28(3,24)25/h5-13,19H,4,14-15H2,1-3H3,(H,21,23)/t19-/m1/s1. The summed E-state index contributed by atoms with van der Waals surface area (Å²) in [7, 11) is -1.83. The number of ether oxygens (including phenoxy) is 1. The molecule has 0 radical (unpaired) electrons. The average Bonchev–Trinajstić information content (AvgIpc) is 2.69. The first-order chi connectivity index (χ1) is 13.3. The zero-order valence-corrected chi connectivity index (χ0v) is 17.9. The van der Waals surface area contributed by atoms with E-state index in [-0.39, 0.29) is 5.91 Å². The van der Waals surface area contributed by atoms with Gasteiger partial charge in [0.05, 0.1) is 11.9 Å². The van der Waals surface area contributed by atoms with E-state index in [1.54, 1.807) is 36.0 Å². The highest BCUT2D eigenvalue weighted by molar-refractivity contribution is 7.99. The van der Waals surface area contributed by atoms with Crippen LogP contribution in [0.4, 0.5) is 5.69 Å². The molecule has 8 heteroatoms. The summed E-state index contributed by atoms with van der Waals surface area (Å²) in [6.45, 7) is 2.44. The van der Waals surface area contributed by atoms with Crippen molar-refractivity contribution in [2.45, 2.75) is 24.3 Å². The van der Waals surface area contributed by atoms with Gasteiger partial charge in [-0.15, -0.1) is 11.8 Å². The van der Waals surface area contributed by atoms with Gasteiger partial charge in [0.15, 0.2) is 6.10 Å². The number of benzene rings is 2. The van der Waals surface area contributed by atoms with Crippen LogP contribution < -0.4 is 14.4 Å². The Morgan fingerprint density at radius 2 is 1.79 bits per heavy atom. The molecule has 0 spiro atoms. The fourth-order valence-electron chi connectivity index (χ4n) is 2.39. The number of thioether (sulfide) groups is 1. The molecule has 0 fully saturated rings. The zero-order valence-electron chi connectivity index (χ0n) is 16.3. The molecule has 28 heavy (non-hydrogen) atoms. The van der Waals surface area contributed by atoms with Gasteiger partial charge in [0, 0.05) is 24.2 Å². The predicted octanol–water partition coefficient (Wildman–Crippen LogP) is 3.15. The van der Waals surface area contributed by atoms with Gasteiger partial charge in [-0.1, -0.05) is 25.1 Å². The SMILES string of the molecule is CC[C@@H](Oc1ccc(N(C)S(C)(=O)=O)cc1)C(=O)NCCSc1ccccc1. The van der Waals surface area contributed by atoms with Gasteiger partial charge < -0.3 is 10.1 Å². The minimum atomic E-state index is -3.32. The topological polar surface area (TPSA) is 75.7 Å². The molecule has 0 unspecified atom stereocenters. The normalized spacial score (nSPS) is 12.2. The molecule has 1 N–H and O–H groups in total. The van der Waals surface area contributed by atoms with Crippen LogP contribution >= 0.6 is 11.8 Å². The van der Waals surface area contributed by atoms with Crippen molar-refractivity contribution in [2.75, 3.05) is 29.9 Å². The van der Waals surface area contributed by atoms with E-state index in [1.807, 2.05) is 37.3 Å². The van der Waals surface area contributed by atoms with Crippen LogP contribution in [0.5, 0.6) is 5.75 Å². The zero-order chi connectivity index (χ0) is 20.6. The van der Waals surface area contributed by atoms with E-state index in [0.29, 0.717) is 24.4 Å². The lowest BCUT2D eigenvalue weighted by atomic mass is 10.2. The van der Waals surface area contributed by atoms with Crippen LogP contribution in [0.3, 0.4) is 0 Å². The highest BCUT2D eigenvalue weighted by Crippen LogP contribution is 2.21. The molecule has 152 valence electrons. The lowest BCUT2D eigenvalue weighted by molar-refractivity contribution is -0.127. The van der Waals surface area contributed by atoms with Gasteiger partial charge in [-0.3, -0.25) is 9.10 Å². The molecule has 0 heterocycles. The molecule has 1 amide bonds. The van der Waals surface area contributed by atoms with Crippen LogP contribution in [0.2, 0.25) is 0 Å². The van der Waals surface area contributed by atoms with E-state index in [1.165, 1.54) is 16.2 Å². The van der Waals surface area contributed by atoms with Crippen molar-refractivity contribution in [1.82, 2.24) is 5.32 Å². The molecule has 0 saturated carbocycles. The third-order valence-corrected chi connectivity index (χ3v) is 6.27. The molecule has 0 saturated heterocycles. The summed E-state index contributed by atoms with van der Waals surface area (Å²) in [6.07, 6.45) is 1.08. The Morgan fingerprint density at radius 3 is 2.36 bits per heavy atom. The Balaban J connectivity index is 1.84. The quantitative estimate of drug-likeness (QED) is 0.470. The number of sulfonamides is 1. The Bertz CT molecular complexity index is 856. The summed E-state index contributed by atoms with van der Waals surface area (Å²) in [5, 5.41) is 2.90. The van der Waals surface area contributed by atoms with E-state index in [4.69, 9.17) is 4.74 Å². The summed E-state index contributed by atoms with van der Waals surface area (Å²) < 4.78 is 30.1. The average molecular weight is 423 g/mol. The van der Waals surface area contributed by atoms with Gasteiger partial charge in [0.1, 0.15) is 5.75 Å². The molecule has 0 aromatic heterocycles. The Labute approximate surface area is 171 Å². The molecular formula is C20H26N2O4S2. The number of carbonyl (C=O) groups excluding carboxylic acids is 1. The van der Waals surface area contributed by atoms with E-state index in [0.717, 1.165) is 12.0 Å². The first-order valence-corrected chi connectivity index (χ1v) is 11.8. The molecule has 0 aliphatic rings. The van der Waals surface area contributed by atoms with Crippen molar-refractivity contribution in [3.63, 3.8) is 0 Å². The second-order valence-corrected chi connectivity index (χ2v) is 9.37. The predicted molar refractivity (Wildman–Crippen MR) is 115 cm³/mol. The van der Waals surface area contributed by atoms with Crippen molar-refractivity contribution in [1.29, 1.82) is 0 Å². The molecule has 6 nitrogen and oxygen atoms in total. The molecule has 0 aliphatic heterocycles. The highest BCUT2D eigenvalue weighted by Gasteiger charge is 2.18. The Kier molecular flexibility index (Phi) is 8.19. The molecule has 2 aromatic rings. The molecule has 1 atom stereocenters. The van der Waals surface area contributed by atoms with Crippen molar-refractivity contribution < 1.29 is 17.9 Å². The first-order valence-electron chi connectivity index (χ1n) is 8.97. The van der Waals surface area contributed by atoms with Crippen molar-refractivity contribution >= 4 is 33.4 Å². The van der Waals surface area contributed by atoms with Crippen LogP contribution in [0.1, 0.15) is 13.3 Å². The number of carbonyl (C=O) groups is 1. The smallest absolute Gasteiger partial charge is 0.261 e. The molecular weight excluding hydrogens is 396 g/mol. The van der Waals surface area contributed by atoms with Gasteiger partial charge >= 0.3 is 0 Å². The van der Waals surface area contributed by atoms with Gasteiger partial charge in [0.25, 0.3) is 5.91 Å². The summed E-state index contributed by atoms with van der Waals surface area (Å²) in [6, 6.07) is 16.7. The maximum absolute atomic E-state index is 12.4. The lowest BCUT2D eigenvalue weighted by Crippen LogP contribution is -2.39. The van der Waals surface area contributed by atoms with Gasteiger partial charge in [-0.25, -0.2) is 8.42 Å². The Hall–Kier alpha value is -2.19. The van der Waals surface area contributed by atoms with E-state index < -0.39 is 16.1 Å². The summed E-state index contributed by atoms with van der Waals surface area (Å²) in [5.41, 5.74) is 0.533. The number of anilines is 1. The maximum Gasteiger partial charge on any atom is 0.261 e. The van der Waals surface area contributed by atoms with Crippen LogP contribution in [0.15, 0.2) is 59.5 Å². The lowest BCUT2D eigenvalue weighted by Gasteiger charge is -2.19. The second-order valence-electron chi connectivity index (χ2n) is 6.19. The minimum absolute atomic E-state index is 0.159. The number of nitrogens with one attached hydrogen (secondary N) is 1. The molecule has 2 aromatic carbocycles. The minimum Gasteiger partial charge on any atom is -0.481 e. The fourth-order valence-corrected chi connectivity index (χ4v) is 3.68. The largest absolute Gasteiger partial charge is 0.481 e. The third kappa shape index (κ3) is 6.76. The monoisotopic (exact) mass is 422 g/mol. The van der Waals surface area contributed by atoms with Crippen molar-refractivity contribution in [3.05, 3.63) is 54.6 Å². The van der Waals surface area contributed by atoms with E-state index >= 15 is 0 Å². The van der Waals surface area contributed by atoms with Gasteiger partial charge in [0.2, 0.25) is 10.0 Å². The highest BCUT2D eigenvalue weighted by atomic mass is 32.2. The number of hydrogen-bond donors (Lipinski definition) is 1. The van der Waals surface area contributed by atoms with Crippen molar-refractivity contribution in [3.8, 4) is 5.75 Å². The van der Waals surface area contributed by atoms with E-state index in [2.05, 4.69) is 5.32 Å². The molecule has 2 rings (SSSR count). The van der Waals surface area contributed by atoms with Crippen LogP contribution in [-0.2, 0) is 14.8 Å². The van der Waals surface area contributed by atoms with Crippen LogP contribution in [-0.4, -0.2) is 46.0 Å². The third-order valence-electron chi connectivity index (χ3n) is 4.05. The molecule has 0 bridgehead atoms. The fraction of sp³-hybridized carbons (Fsp3) is 0.350. The number of hydrogen-bond acceptors (Lipinski definition) is 5. The number of nitrogens with zero attached hydrogens (tertiary/aromatic N) is 1. The second kappa shape index (κ2) is 10.4. The maximum atomic E-state index is 12.4. The van der Waals surface area contributed by atoms with Gasteiger partial charge in [-0.05, 0) is 42.8 Å². The van der Waals surface area contributed by atoms with Crippen LogP contribution in [0.25, 0.3) is 0 Å². The Morgan fingerprint density at radius 1 is 1.14 bits per heavy atom. The van der Waals surface area contributed by atoms with Crippen LogP contribution in [0, 0.1) is 0 Å². The van der Waals surface area contributed by atoms with Gasteiger partial charge in [-0.2, -0.15) is 0 Å².